The molecule has 0 spiro atoms. The van der Waals surface area contributed by atoms with E-state index in [9.17, 15) is 9.90 Å². The third kappa shape index (κ3) is 9.67. The standard InChI is InChI=1S/C10H13NO2.C8H8O3.C6H15NO2/c1-13-10-5-8-6-11-3-2-7(8)4-9(10)12;1-11-8-4-6(5-9)2-3-7(8)10;1-3-8-6(5-7)9-4-2/h4-5,11-12H,2-3,6H2,1H3;2-5,10H,1H3;6H,3-5,7H2,1-2H3. The van der Waals surface area contributed by atoms with Gasteiger partial charge >= 0.3 is 0 Å². The van der Waals surface area contributed by atoms with Gasteiger partial charge < -0.3 is 40.2 Å². The zero-order chi connectivity index (χ0) is 24.6. The number of benzene rings is 2. The molecule has 0 fully saturated rings. The number of hydrogen-bond donors (Lipinski definition) is 4. The second-order valence-electron chi connectivity index (χ2n) is 6.84. The van der Waals surface area contributed by atoms with Crippen LogP contribution in [0.3, 0.4) is 0 Å². The minimum Gasteiger partial charge on any atom is -0.504 e. The summed E-state index contributed by atoms with van der Waals surface area (Å²) in [5.74, 6) is 1.15. The number of methoxy groups -OCH3 is 2. The maximum Gasteiger partial charge on any atom is 0.169 e. The molecule has 5 N–H and O–H groups in total. The third-order valence-corrected chi connectivity index (χ3v) is 4.63. The number of fused-ring (bicyclic) bond motifs is 1. The van der Waals surface area contributed by atoms with Crippen molar-refractivity contribution < 1.29 is 34.0 Å². The predicted octanol–water partition coefficient (Wildman–Crippen LogP) is 2.60. The molecule has 1 aliphatic rings. The van der Waals surface area contributed by atoms with Gasteiger partial charge in [-0.15, -0.1) is 0 Å². The Labute approximate surface area is 195 Å². The Balaban J connectivity index is 0.000000253. The van der Waals surface area contributed by atoms with E-state index in [0.717, 1.165) is 19.5 Å². The number of aromatic hydroxyl groups is 2. The minimum atomic E-state index is -0.208. The van der Waals surface area contributed by atoms with Crippen LogP contribution in [-0.2, 0) is 22.4 Å². The van der Waals surface area contributed by atoms with E-state index in [2.05, 4.69) is 5.32 Å². The van der Waals surface area contributed by atoms with E-state index in [1.807, 2.05) is 19.9 Å². The molecule has 2 aromatic carbocycles. The molecule has 3 rings (SSSR count). The Bertz CT molecular complexity index is 840. The molecule has 0 amide bonds. The van der Waals surface area contributed by atoms with Crippen LogP contribution in [0, 0.1) is 0 Å². The van der Waals surface area contributed by atoms with Crippen LogP contribution in [0.1, 0.15) is 35.3 Å². The van der Waals surface area contributed by atoms with Crippen LogP contribution in [0.4, 0.5) is 0 Å². The molecule has 0 bridgehead atoms. The molecule has 9 nitrogen and oxygen atoms in total. The summed E-state index contributed by atoms with van der Waals surface area (Å²) in [5, 5.41) is 21.9. The van der Waals surface area contributed by atoms with Gasteiger partial charge in [-0.05, 0) is 68.3 Å². The molecular formula is C24H36N2O7. The molecule has 0 aromatic heterocycles. The van der Waals surface area contributed by atoms with Gasteiger partial charge in [0.25, 0.3) is 0 Å². The maximum absolute atomic E-state index is 10.2. The Hall–Kier alpha value is -2.85. The summed E-state index contributed by atoms with van der Waals surface area (Å²) in [5.41, 5.74) is 8.22. The lowest BCUT2D eigenvalue weighted by Gasteiger charge is -2.18. The van der Waals surface area contributed by atoms with Crippen molar-refractivity contribution >= 4 is 6.29 Å². The number of nitrogens with one attached hydrogen (secondary N) is 1. The second-order valence-corrected chi connectivity index (χ2v) is 6.84. The van der Waals surface area contributed by atoms with Gasteiger partial charge in [0, 0.05) is 31.9 Å². The molecule has 0 unspecified atom stereocenters. The fourth-order valence-electron chi connectivity index (χ4n) is 2.98. The fourth-order valence-corrected chi connectivity index (χ4v) is 2.98. The third-order valence-electron chi connectivity index (χ3n) is 4.63. The first-order valence-electron chi connectivity index (χ1n) is 10.8. The summed E-state index contributed by atoms with van der Waals surface area (Å²) in [4.78, 5) is 10.2. The number of phenolic OH excluding ortho intramolecular Hbond substituents is 2. The second kappa shape index (κ2) is 15.9. The van der Waals surface area contributed by atoms with Crippen LogP contribution in [-0.4, -0.2) is 63.3 Å². The number of hydrogen-bond acceptors (Lipinski definition) is 9. The number of nitrogens with two attached hydrogens (primary N) is 1. The molecule has 1 aliphatic heterocycles. The number of carbonyl (C=O) groups is 1. The molecule has 0 aliphatic carbocycles. The Morgan fingerprint density at radius 3 is 2.18 bits per heavy atom. The summed E-state index contributed by atoms with van der Waals surface area (Å²) < 4.78 is 20.0. The molecule has 0 radical (unpaired) electrons. The van der Waals surface area contributed by atoms with E-state index < -0.39 is 0 Å². The first-order chi connectivity index (χ1) is 15.9. The highest BCUT2D eigenvalue weighted by atomic mass is 16.7. The van der Waals surface area contributed by atoms with Crippen molar-refractivity contribution in [1.29, 1.82) is 0 Å². The first kappa shape index (κ1) is 28.2. The average Bonchev–Trinajstić information content (AvgIpc) is 2.84. The van der Waals surface area contributed by atoms with Gasteiger partial charge in [0.15, 0.2) is 29.3 Å². The summed E-state index contributed by atoms with van der Waals surface area (Å²) in [6.45, 7) is 7.43. The van der Waals surface area contributed by atoms with Crippen LogP contribution >= 0.6 is 0 Å². The van der Waals surface area contributed by atoms with Gasteiger partial charge in [-0.3, -0.25) is 4.79 Å². The highest BCUT2D eigenvalue weighted by Crippen LogP contribution is 2.30. The van der Waals surface area contributed by atoms with E-state index in [0.29, 0.717) is 43.1 Å². The number of phenols is 2. The van der Waals surface area contributed by atoms with Gasteiger partial charge in [0.1, 0.15) is 6.29 Å². The largest absolute Gasteiger partial charge is 0.504 e. The predicted molar refractivity (Wildman–Crippen MR) is 126 cm³/mol. The number of carbonyl (C=O) groups excluding carboxylic acids is 1. The quantitative estimate of drug-likeness (QED) is 0.344. The normalized spacial score (nSPS) is 11.9. The molecule has 1 heterocycles. The van der Waals surface area contributed by atoms with Crippen LogP contribution in [0.15, 0.2) is 30.3 Å². The highest BCUT2D eigenvalue weighted by Gasteiger charge is 2.12. The molecule has 0 saturated carbocycles. The number of ether oxygens (including phenoxy) is 4. The molecule has 0 saturated heterocycles. The first-order valence-corrected chi connectivity index (χ1v) is 10.8. The molecule has 0 atom stereocenters. The minimum absolute atomic E-state index is 0.0399. The average molecular weight is 465 g/mol. The smallest absolute Gasteiger partial charge is 0.169 e. The van der Waals surface area contributed by atoms with Crippen molar-refractivity contribution in [3.8, 4) is 23.0 Å². The lowest BCUT2D eigenvalue weighted by atomic mass is 10.0. The van der Waals surface area contributed by atoms with E-state index in [1.165, 1.54) is 36.4 Å². The summed E-state index contributed by atoms with van der Waals surface area (Å²) in [6.07, 6.45) is 1.47. The van der Waals surface area contributed by atoms with Gasteiger partial charge in [0.05, 0.1) is 14.2 Å². The van der Waals surface area contributed by atoms with E-state index in [1.54, 1.807) is 13.2 Å². The van der Waals surface area contributed by atoms with Crippen LogP contribution in [0.2, 0.25) is 0 Å². The fraction of sp³-hybridized carbons (Fsp3) is 0.458. The van der Waals surface area contributed by atoms with Crippen molar-refractivity contribution in [3.05, 3.63) is 47.0 Å². The molecule has 33 heavy (non-hydrogen) atoms. The van der Waals surface area contributed by atoms with Crippen molar-refractivity contribution in [1.82, 2.24) is 5.32 Å². The van der Waals surface area contributed by atoms with Crippen LogP contribution in [0.5, 0.6) is 23.0 Å². The van der Waals surface area contributed by atoms with Crippen molar-refractivity contribution in [2.24, 2.45) is 5.73 Å². The lowest BCUT2D eigenvalue weighted by molar-refractivity contribution is -0.128. The van der Waals surface area contributed by atoms with Crippen LogP contribution in [0.25, 0.3) is 0 Å². The van der Waals surface area contributed by atoms with Crippen molar-refractivity contribution in [2.75, 3.05) is 40.5 Å². The Kier molecular flexibility index (Phi) is 13.6. The molecular weight excluding hydrogens is 428 g/mol. The van der Waals surface area contributed by atoms with Gasteiger partial charge in [0.2, 0.25) is 0 Å². The summed E-state index contributed by atoms with van der Waals surface area (Å²) in [6, 6.07) is 8.11. The number of aldehydes is 1. The van der Waals surface area contributed by atoms with Crippen LogP contribution < -0.4 is 20.5 Å². The maximum atomic E-state index is 10.2. The number of rotatable bonds is 8. The highest BCUT2D eigenvalue weighted by molar-refractivity contribution is 5.76. The topological polar surface area (TPSA) is 132 Å². The Morgan fingerprint density at radius 2 is 1.64 bits per heavy atom. The van der Waals surface area contributed by atoms with E-state index in [4.69, 9.17) is 29.8 Å². The summed E-state index contributed by atoms with van der Waals surface area (Å²) in [7, 11) is 3.00. The molecule has 9 heteroatoms. The van der Waals surface area contributed by atoms with Crippen molar-refractivity contribution in [2.45, 2.75) is 33.1 Å². The van der Waals surface area contributed by atoms with Gasteiger partial charge in [-0.1, -0.05) is 0 Å². The zero-order valence-corrected chi connectivity index (χ0v) is 19.8. The Morgan fingerprint density at radius 1 is 1.00 bits per heavy atom. The van der Waals surface area contributed by atoms with Gasteiger partial charge in [-0.25, -0.2) is 0 Å². The van der Waals surface area contributed by atoms with E-state index in [-0.39, 0.29) is 17.8 Å². The van der Waals surface area contributed by atoms with Crippen molar-refractivity contribution in [3.63, 3.8) is 0 Å². The van der Waals surface area contributed by atoms with Gasteiger partial charge in [-0.2, -0.15) is 0 Å². The molecule has 2 aromatic rings. The monoisotopic (exact) mass is 464 g/mol. The summed E-state index contributed by atoms with van der Waals surface area (Å²) >= 11 is 0. The SMILES string of the molecule is CCOC(CN)OCC.COc1cc(C=O)ccc1O.COc1cc2c(cc1O)CCNC2. The molecule has 184 valence electrons. The lowest BCUT2D eigenvalue weighted by Crippen LogP contribution is -2.26. The van der Waals surface area contributed by atoms with E-state index >= 15 is 0 Å². The zero-order valence-electron chi connectivity index (χ0n) is 19.8.